The first-order valence-corrected chi connectivity index (χ1v) is 6.68. The van der Waals surface area contributed by atoms with Crippen molar-refractivity contribution in [3.63, 3.8) is 0 Å². The molecule has 0 aliphatic carbocycles. The van der Waals surface area contributed by atoms with Crippen molar-refractivity contribution < 1.29 is 9.32 Å². The van der Waals surface area contributed by atoms with Crippen LogP contribution in [0.2, 0.25) is 0 Å². The number of benzene rings is 1. The van der Waals surface area contributed by atoms with Crippen molar-refractivity contribution in [1.82, 2.24) is 25.4 Å². The maximum Gasteiger partial charge on any atom is 0.229 e. The van der Waals surface area contributed by atoms with Gasteiger partial charge in [0.15, 0.2) is 0 Å². The van der Waals surface area contributed by atoms with Gasteiger partial charge in [0, 0.05) is 11.3 Å². The third-order valence-electron chi connectivity index (χ3n) is 3.26. The van der Waals surface area contributed by atoms with E-state index in [4.69, 9.17) is 4.52 Å². The molecule has 3 aromatic rings. The van der Waals surface area contributed by atoms with Gasteiger partial charge in [0.2, 0.25) is 5.91 Å². The van der Waals surface area contributed by atoms with Gasteiger partial charge in [-0.15, -0.1) is 5.10 Å². The minimum absolute atomic E-state index is 0.136. The highest BCUT2D eigenvalue weighted by molar-refractivity contribution is 5.92. The maximum atomic E-state index is 12.2. The molecule has 0 unspecified atom stereocenters. The van der Waals surface area contributed by atoms with Gasteiger partial charge in [-0.25, -0.2) is 4.68 Å². The van der Waals surface area contributed by atoms with Crippen LogP contribution in [0.25, 0.3) is 5.69 Å². The van der Waals surface area contributed by atoms with E-state index in [-0.39, 0.29) is 12.3 Å². The van der Waals surface area contributed by atoms with Crippen LogP contribution in [0.3, 0.4) is 0 Å². The number of hydrogen-bond donors (Lipinski definition) is 1. The standard InChI is InChI=1S/C14H14N6O2/c1-9-13(10(2)22-17-9)7-14(21)16-11-4-3-5-12(6-11)20-8-15-18-19-20/h3-6,8H,7H2,1-2H3,(H,16,21). The van der Waals surface area contributed by atoms with Crippen molar-refractivity contribution in [2.24, 2.45) is 0 Å². The lowest BCUT2D eigenvalue weighted by molar-refractivity contribution is -0.115. The first-order chi connectivity index (χ1) is 10.6. The van der Waals surface area contributed by atoms with E-state index in [0.717, 1.165) is 16.9 Å². The lowest BCUT2D eigenvalue weighted by atomic mass is 10.1. The van der Waals surface area contributed by atoms with Gasteiger partial charge < -0.3 is 9.84 Å². The van der Waals surface area contributed by atoms with E-state index in [0.29, 0.717) is 11.4 Å². The number of tetrazole rings is 1. The first-order valence-electron chi connectivity index (χ1n) is 6.68. The predicted molar refractivity (Wildman–Crippen MR) is 77.5 cm³/mol. The van der Waals surface area contributed by atoms with E-state index in [1.165, 1.54) is 11.0 Å². The highest BCUT2D eigenvalue weighted by Gasteiger charge is 2.13. The van der Waals surface area contributed by atoms with E-state index in [2.05, 4.69) is 26.0 Å². The number of aromatic nitrogens is 5. The monoisotopic (exact) mass is 298 g/mol. The number of carbonyl (C=O) groups is 1. The molecular formula is C14H14N6O2. The SMILES string of the molecule is Cc1noc(C)c1CC(=O)Nc1cccc(-n2cnnn2)c1. The summed E-state index contributed by atoms with van der Waals surface area (Å²) in [5.41, 5.74) is 2.98. The van der Waals surface area contributed by atoms with Crippen molar-refractivity contribution >= 4 is 11.6 Å². The van der Waals surface area contributed by atoms with E-state index >= 15 is 0 Å². The Morgan fingerprint density at radius 2 is 2.23 bits per heavy atom. The molecule has 112 valence electrons. The Morgan fingerprint density at radius 3 is 2.91 bits per heavy atom. The molecule has 0 atom stereocenters. The van der Waals surface area contributed by atoms with Gasteiger partial charge in [-0.1, -0.05) is 11.2 Å². The van der Waals surface area contributed by atoms with E-state index in [9.17, 15) is 4.79 Å². The third-order valence-corrected chi connectivity index (χ3v) is 3.26. The average molecular weight is 298 g/mol. The second kappa shape index (κ2) is 5.76. The number of nitrogens with one attached hydrogen (secondary N) is 1. The van der Waals surface area contributed by atoms with Crippen LogP contribution in [0.15, 0.2) is 35.1 Å². The van der Waals surface area contributed by atoms with Crippen molar-refractivity contribution in [1.29, 1.82) is 0 Å². The Labute approximate surface area is 126 Å². The largest absolute Gasteiger partial charge is 0.361 e. The molecule has 0 aliphatic rings. The fourth-order valence-corrected chi connectivity index (χ4v) is 2.13. The summed E-state index contributed by atoms with van der Waals surface area (Å²) in [6.07, 6.45) is 1.71. The first kappa shape index (κ1) is 13.9. The summed E-state index contributed by atoms with van der Waals surface area (Å²) < 4.78 is 6.58. The summed E-state index contributed by atoms with van der Waals surface area (Å²) in [5.74, 6) is 0.526. The predicted octanol–water partition coefficient (Wildman–Crippen LogP) is 1.45. The van der Waals surface area contributed by atoms with Crippen LogP contribution in [0.4, 0.5) is 5.69 Å². The number of hydrogen-bond acceptors (Lipinski definition) is 6. The summed E-state index contributed by atoms with van der Waals surface area (Å²) in [7, 11) is 0. The topological polar surface area (TPSA) is 98.7 Å². The highest BCUT2D eigenvalue weighted by Crippen LogP contribution is 2.16. The lowest BCUT2D eigenvalue weighted by Crippen LogP contribution is -2.15. The van der Waals surface area contributed by atoms with Crippen LogP contribution in [0, 0.1) is 13.8 Å². The Balaban J connectivity index is 1.73. The van der Waals surface area contributed by atoms with Gasteiger partial charge in [-0.05, 0) is 42.5 Å². The summed E-state index contributed by atoms with van der Waals surface area (Å²) >= 11 is 0. The summed E-state index contributed by atoms with van der Waals surface area (Å²) in [6.45, 7) is 3.61. The second-order valence-electron chi connectivity index (χ2n) is 4.83. The van der Waals surface area contributed by atoms with Gasteiger partial charge in [-0.2, -0.15) is 0 Å². The molecule has 1 amide bonds. The minimum atomic E-state index is -0.136. The van der Waals surface area contributed by atoms with Crippen molar-refractivity contribution in [2.75, 3.05) is 5.32 Å². The smallest absolute Gasteiger partial charge is 0.229 e. The molecule has 0 fully saturated rings. The fraction of sp³-hybridized carbons (Fsp3) is 0.214. The molecule has 0 bridgehead atoms. The van der Waals surface area contributed by atoms with Gasteiger partial charge >= 0.3 is 0 Å². The molecule has 2 aromatic heterocycles. The Kier molecular flexibility index (Phi) is 3.65. The number of rotatable bonds is 4. The number of anilines is 1. The Morgan fingerprint density at radius 1 is 1.36 bits per heavy atom. The Hall–Kier alpha value is -3.03. The third kappa shape index (κ3) is 2.85. The maximum absolute atomic E-state index is 12.2. The van der Waals surface area contributed by atoms with Crippen molar-refractivity contribution in [3.8, 4) is 5.69 Å². The average Bonchev–Trinajstić information content (AvgIpc) is 3.13. The molecule has 0 saturated heterocycles. The van der Waals surface area contributed by atoms with Crippen molar-refractivity contribution in [2.45, 2.75) is 20.3 Å². The molecule has 8 heteroatoms. The van der Waals surface area contributed by atoms with Gasteiger partial charge in [0.1, 0.15) is 12.1 Å². The second-order valence-corrected chi connectivity index (χ2v) is 4.83. The highest BCUT2D eigenvalue weighted by atomic mass is 16.5. The number of aryl methyl sites for hydroxylation is 2. The van der Waals surface area contributed by atoms with E-state index in [1.54, 1.807) is 19.1 Å². The molecule has 0 spiro atoms. The molecule has 2 heterocycles. The van der Waals surface area contributed by atoms with Gasteiger partial charge in [0.05, 0.1) is 17.8 Å². The molecule has 1 N–H and O–H groups in total. The van der Waals surface area contributed by atoms with Gasteiger partial charge in [0.25, 0.3) is 0 Å². The fourth-order valence-electron chi connectivity index (χ4n) is 2.13. The molecule has 8 nitrogen and oxygen atoms in total. The summed E-state index contributed by atoms with van der Waals surface area (Å²) in [5, 5.41) is 17.7. The Bertz CT molecular complexity index is 774. The summed E-state index contributed by atoms with van der Waals surface area (Å²) in [4.78, 5) is 12.2. The molecule has 22 heavy (non-hydrogen) atoms. The van der Waals surface area contributed by atoms with Crippen molar-refractivity contribution in [3.05, 3.63) is 47.6 Å². The molecule has 0 saturated carbocycles. The number of amides is 1. The van der Waals surface area contributed by atoms with Crippen LogP contribution in [-0.2, 0) is 11.2 Å². The zero-order valence-electron chi connectivity index (χ0n) is 12.1. The number of nitrogens with zero attached hydrogens (tertiary/aromatic N) is 5. The summed E-state index contributed by atoms with van der Waals surface area (Å²) in [6, 6.07) is 7.27. The lowest BCUT2D eigenvalue weighted by Gasteiger charge is -2.07. The van der Waals surface area contributed by atoms with Crippen LogP contribution < -0.4 is 5.32 Å². The molecule has 1 aromatic carbocycles. The molecule has 3 rings (SSSR count). The zero-order chi connectivity index (χ0) is 15.5. The number of carbonyl (C=O) groups excluding carboxylic acids is 1. The quantitative estimate of drug-likeness (QED) is 0.782. The zero-order valence-corrected chi connectivity index (χ0v) is 12.1. The van der Waals surface area contributed by atoms with Crippen LogP contribution >= 0.6 is 0 Å². The van der Waals surface area contributed by atoms with Crippen LogP contribution in [-0.4, -0.2) is 31.3 Å². The van der Waals surface area contributed by atoms with Crippen LogP contribution in [0.1, 0.15) is 17.0 Å². The van der Waals surface area contributed by atoms with E-state index < -0.39 is 0 Å². The molecular weight excluding hydrogens is 284 g/mol. The minimum Gasteiger partial charge on any atom is -0.361 e. The molecule has 0 radical (unpaired) electrons. The van der Waals surface area contributed by atoms with E-state index in [1.807, 2.05) is 19.1 Å². The van der Waals surface area contributed by atoms with Crippen LogP contribution in [0.5, 0.6) is 0 Å². The van der Waals surface area contributed by atoms with Gasteiger partial charge in [-0.3, -0.25) is 4.79 Å². The normalized spacial score (nSPS) is 10.6. The molecule has 0 aliphatic heterocycles.